The number of ether oxygens (including phenoxy) is 1. The fourth-order valence-corrected chi connectivity index (χ4v) is 6.84. The number of alkyl halides is 7. The van der Waals surface area contributed by atoms with Crippen LogP contribution in [0.1, 0.15) is 31.4 Å². The molecule has 0 saturated carbocycles. The van der Waals surface area contributed by atoms with Crippen molar-refractivity contribution in [3.8, 4) is 5.75 Å². The summed E-state index contributed by atoms with van der Waals surface area (Å²) < 4.78 is 141. The van der Waals surface area contributed by atoms with E-state index in [9.17, 15) is 67.5 Å². The summed E-state index contributed by atoms with van der Waals surface area (Å²) in [5.41, 5.74) is -0.827. The van der Waals surface area contributed by atoms with Gasteiger partial charge in [0.25, 0.3) is 11.8 Å². The lowest BCUT2D eigenvalue weighted by Gasteiger charge is -2.29. The van der Waals surface area contributed by atoms with Crippen molar-refractivity contribution in [2.24, 2.45) is 0 Å². The van der Waals surface area contributed by atoms with Crippen LogP contribution in [0.2, 0.25) is 0 Å². The van der Waals surface area contributed by atoms with E-state index < -0.39 is 117 Å². The van der Waals surface area contributed by atoms with E-state index in [1.807, 2.05) is 0 Å². The molecule has 4 amide bonds. The zero-order valence-corrected chi connectivity index (χ0v) is 28.2. The van der Waals surface area contributed by atoms with Crippen LogP contribution in [-0.4, -0.2) is 98.4 Å². The van der Waals surface area contributed by atoms with Crippen molar-refractivity contribution in [1.29, 1.82) is 0 Å². The summed E-state index contributed by atoms with van der Waals surface area (Å²) in [6.45, 7) is -1.44. The van der Waals surface area contributed by atoms with Crippen molar-refractivity contribution < 1.29 is 72.3 Å². The van der Waals surface area contributed by atoms with E-state index in [4.69, 9.17) is 4.74 Å². The SMILES string of the molecule is COc1ccc(CS(=O)(=O)[C@@H]2C[C@@H](C(=O)N[C@@H](C)C(=O)C(F)(F)C(=O)NCC(F)(F)F)N(C(=O)[C@H](C)NC(=O)C(F)(F)c3cccc(F)c3)C2)cc1. The fraction of sp³-hybridized carbons (Fsp3) is 0.452. The van der Waals surface area contributed by atoms with Gasteiger partial charge in [-0.3, -0.25) is 24.0 Å². The smallest absolute Gasteiger partial charge is 0.405 e. The molecule has 1 saturated heterocycles. The van der Waals surface area contributed by atoms with Crippen LogP contribution in [0, 0.1) is 5.82 Å². The van der Waals surface area contributed by atoms with Crippen molar-refractivity contribution in [3.63, 3.8) is 0 Å². The lowest BCUT2D eigenvalue weighted by molar-refractivity contribution is -0.165. The normalized spacial score (nSPS) is 17.9. The number of Topliss-reactive ketones (excluding diaryl/α,β-unsaturated/α-hetero) is 1. The van der Waals surface area contributed by atoms with Crippen molar-refractivity contribution >= 4 is 39.2 Å². The molecule has 4 atom stereocenters. The van der Waals surface area contributed by atoms with Crippen LogP contribution in [0.15, 0.2) is 48.5 Å². The molecule has 0 spiro atoms. The second-order valence-corrected chi connectivity index (χ2v) is 14.0. The molecule has 0 radical (unpaired) electrons. The Balaban J connectivity index is 1.86. The number of methoxy groups -OCH3 is 1. The maximum absolute atomic E-state index is 14.9. The highest BCUT2D eigenvalue weighted by atomic mass is 32.2. The van der Waals surface area contributed by atoms with Gasteiger partial charge in [-0.05, 0) is 50.1 Å². The Kier molecular flexibility index (Phi) is 12.7. The average molecular weight is 773 g/mol. The largest absolute Gasteiger partial charge is 0.497 e. The third-order valence-electron chi connectivity index (χ3n) is 7.87. The predicted molar refractivity (Wildman–Crippen MR) is 164 cm³/mol. The Morgan fingerprint density at radius 1 is 0.904 bits per heavy atom. The van der Waals surface area contributed by atoms with Crippen LogP contribution in [0.4, 0.5) is 35.1 Å². The van der Waals surface area contributed by atoms with Crippen LogP contribution in [0.5, 0.6) is 5.75 Å². The third kappa shape index (κ3) is 9.94. The molecule has 2 aromatic carbocycles. The Bertz CT molecular complexity index is 1790. The summed E-state index contributed by atoms with van der Waals surface area (Å²) in [6, 6.07) is 2.47. The van der Waals surface area contributed by atoms with E-state index in [1.165, 1.54) is 31.4 Å². The first-order valence-electron chi connectivity index (χ1n) is 15.1. The number of hydrogen-bond donors (Lipinski definition) is 3. The summed E-state index contributed by atoms with van der Waals surface area (Å²) in [7, 11) is -2.90. The molecule has 1 aliphatic rings. The summed E-state index contributed by atoms with van der Waals surface area (Å²) in [5.74, 6) is -20.6. The molecule has 2 aromatic rings. The molecular formula is C31H32F8N4O8S. The predicted octanol–water partition coefficient (Wildman–Crippen LogP) is 2.40. The van der Waals surface area contributed by atoms with Crippen LogP contribution >= 0.6 is 0 Å². The second-order valence-electron chi connectivity index (χ2n) is 11.8. The zero-order valence-electron chi connectivity index (χ0n) is 27.4. The second kappa shape index (κ2) is 15.8. The minimum Gasteiger partial charge on any atom is -0.497 e. The van der Waals surface area contributed by atoms with Crippen molar-refractivity contribution in [1.82, 2.24) is 20.9 Å². The van der Waals surface area contributed by atoms with E-state index in [2.05, 4.69) is 0 Å². The molecule has 21 heteroatoms. The van der Waals surface area contributed by atoms with Crippen LogP contribution in [-0.2, 0) is 45.5 Å². The highest BCUT2D eigenvalue weighted by Gasteiger charge is 2.52. The average Bonchev–Trinajstić information content (AvgIpc) is 3.53. The maximum Gasteiger partial charge on any atom is 0.405 e. The molecule has 12 nitrogen and oxygen atoms in total. The molecule has 3 rings (SSSR count). The Morgan fingerprint density at radius 2 is 1.52 bits per heavy atom. The van der Waals surface area contributed by atoms with Crippen LogP contribution < -0.4 is 20.7 Å². The number of nitrogens with one attached hydrogen (secondary N) is 3. The maximum atomic E-state index is 14.9. The van der Waals surface area contributed by atoms with Gasteiger partial charge in [-0.1, -0.05) is 24.3 Å². The summed E-state index contributed by atoms with van der Waals surface area (Å²) >= 11 is 0. The number of carbonyl (C=O) groups excluding carboxylic acids is 5. The quantitative estimate of drug-likeness (QED) is 0.195. The molecule has 1 aliphatic heterocycles. The number of rotatable bonds is 14. The van der Waals surface area contributed by atoms with Crippen molar-refractivity contribution in [3.05, 3.63) is 65.5 Å². The lowest BCUT2D eigenvalue weighted by atomic mass is 10.1. The monoisotopic (exact) mass is 772 g/mol. The minimum absolute atomic E-state index is 0.247. The minimum atomic E-state index is -5.11. The molecule has 3 N–H and O–H groups in total. The Morgan fingerprint density at radius 3 is 2.08 bits per heavy atom. The van der Waals surface area contributed by atoms with Crippen molar-refractivity contribution in [2.75, 3.05) is 20.2 Å². The van der Waals surface area contributed by atoms with Gasteiger partial charge in [0, 0.05) is 12.1 Å². The first kappa shape index (κ1) is 41.6. The topological polar surface area (TPSA) is 168 Å². The van der Waals surface area contributed by atoms with Crippen molar-refractivity contribution in [2.45, 2.75) is 67.4 Å². The van der Waals surface area contributed by atoms with Gasteiger partial charge in [0.2, 0.25) is 17.6 Å². The number of ketones is 1. The third-order valence-corrected chi connectivity index (χ3v) is 9.96. The Labute approximate surface area is 291 Å². The van der Waals surface area contributed by atoms with Gasteiger partial charge in [-0.2, -0.15) is 30.7 Å². The van der Waals surface area contributed by atoms with Gasteiger partial charge in [-0.15, -0.1) is 0 Å². The van der Waals surface area contributed by atoms with E-state index in [0.29, 0.717) is 23.6 Å². The number of nitrogens with zero attached hydrogens (tertiary/aromatic N) is 1. The molecule has 0 bridgehead atoms. The van der Waals surface area contributed by atoms with Gasteiger partial charge in [0.15, 0.2) is 9.84 Å². The van der Waals surface area contributed by atoms with E-state index >= 15 is 0 Å². The molecular weight excluding hydrogens is 740 g/mol. The zero-order chi connectivity index (χ0) is 39.4. The van der Waals surface area contributed by atoms with Crippen LogP contribution in [0.3, 0.4) is 0 Å². The van der Waals surface area contributed by atoms with E-state index in [1.54, 1.807) is 10.6 Å². The van der Waals surface area contributed by atoms with Gasteiger partial charge >= 0.3 is 18.0 Å². The number of halogens is 8. The number of hydrogen-bond acceptors (Lipinski definition) is 8. The highest BCUT2D eigenvalue weighted by molar-refractivity contribution is 7.91. The standard InChI is InChI=1S/C31H32F8N4O8S/c1-16(24(44)31(38,39)27(47)40-15-29(33,34)35)41-25(45)23-12-22(52(49,50)14-18-7-9-21(51-3)10-8-18)13-43(23)26(46)17(2)42-28(48)30(36,37)19-5-4-6-20(32)11-19/h4-11,16-17,22-23H,12-15H2,1-3H3,(H,40,47)(H,41,45)(H,42,48)/t16-,17-,22+,23-/m0/s1. The molecule has 0 aliphatic carbocycles. The molecule has 1 heterocycles. The first-order valence-corrected chi connectivity index (χ1v) is 16.8. The molecule has 286 valence electrons. The number of likely N-dealkylation sites (tertiary alicyclic amines) is 1. The number of amides is 4. The first-order chi connectivity index (χ1) is 23.9. The van der Waals surface area contributed by atoms with Gasteiger partial charge < -0.3 is 25.6 Å². The van der Waals surface area contributed by atoms with Gasteiger partial charge in [-0.25, -0.2) is 12.8 Å². The molecule has 1 fully saturated rings. The molecule has 0 unspecified atom stereocenters. The number of sulfone groups is 1. The Hall–Kier alpha value is -4.82. The summed E-state index contributed by atoms with van der Waals surface area (Å²) in [6.07, 6.45) is -5.83. The lowest BCUT2D eigenvalue weighted by Crippen LogP contribution is -2.58. The fourth-order valence-electron chi connectivity index (χ4n) is 5.08. The highest BCUT2D eigenvalue weighted by Crippen LogP contribution is 2.31. The molecule has 52 heavy (non-hydrogen) atoms. The van der Waals surface area contributed by atoms with E-state index in [0.717, 1.165) is 30.4 Å². The molecule has 0 aromatic heterocycles. The number of benzene rings is 2. The number of carbonyl (C=O) groups is 5. The van der Waals surface area contributed by atoms with Gasteiger partial charge in [0.05, 0.1) is 24.2 Å². The summed E-state index contributed by atoms with van der Waals surface area (Å²) in [5, 5.41) is 2.81. The van der Waals surface area contributed by atoms with Gasteiger partial charge in [0.1, 0.15) is 30.2 Å². The van der Waals surface area contributed by atoms with E-state index in [-0.39, 0.29) is 5.56 Å². The van der Waals surface area contributed by atoms with Crippen LogP contribution in [0.25, 0.3) is 0 Å². The summed E-state index contributed by atoms with van der Waals surface area (Å²) in [4.78, 5) is 64.0.